The highest BCUT2D eigenvalue weighted by atomic mass is 35.5. The lowest BCUT2D eigenvalue weighted by Gasteiger charge is -2.09. The SMILES string of the molecule is COc1ccc(Cl)cc1-c1ccnc2[nH]ccc12. The van der Waals surface area contributed by atoms with Gasteiger partial charge in [-0.15, -0.1) is 0 Å². The maximum Gasteiger partial charge on any atom is 0.137 e. The summed E-state index contributed by atoms with van der Waals surface area (Å²) in [6.07, 6.45) is 3.65. The predicted molar refractivity (Wildman–Crippen MR) is 73.1 cm³/mol. The fraction of sp³-hybridized carbons (Fsp3) is 0.0714. The molecule has 2 aromatic heterocycles. The van der Waals surface area contributed by atoms with E-state index in [0.29, 0.717) is 5.02 Å². The smallest absolute Gasteiger partial charge is 0.137 e. The third-order valence-corrected chi connectivity index (χ3v) is 3.15. The van der Waals surface area contributed by atoms with Crippen LogP contribution in [0.15, 0.2) is 42.7 Å². The number of ether oxygens (including phenoxy) is 1. The first-order chi connectivity index (χ1) is 8.79. The summed E-state index contributed by atoms with van der Waals surface area (Å²) in [6, 6.07) is 9.56. The summed E-state index contributed by atoms with van der Waals surface area (Å²) in [5.41, 5.74) is 2.88. The van der Waals surface area contributed by atoms with Gasteiger partial charge in [-0.2, -0.15) is 0 Å². The first-order valence-corrected chi connectivity index (χ1v) is 5.93. The molecule has 0 spiro atoms. The van der Waals surface area contributed by atoms with Crippen LogP contribution in [0.5, 0.6) is 5.75 Å². The van der Waals surface area contributed by atoms with Crippen LogP contribution in [0.1, 0.15) is 0 Å². The third kappa shape index (κ3) is 1.73. The summed E-state index contributed by atoms with van der Waals surface area (Å²) < 4.78 is 5.39. The molecule has 0 aliphatic carbocycles. The van der Waals surface area contributed by atoms with Crippen LogP contribution in [0.3, 0.4) is 0 Å². The van der Waals surface area contributed by atoms with Gasteiger partial charge in [0, 0.05) is 28.4 Å². The van der Waals surface area contributed by atoms with Crippen molar-refractivity contribution >= 4 is 22.6 Å². The number of pyridine rings is 1. The van der Waals surface area contributed by atoms with Gasteiger partial charge in [-0.3, -0.25) is 0 Å². The monoisotopic (exact) mass is 258 g/mol. The first kappa shape index (κ1) is 11.1. The van der Waals surface area contributed by atoms with Gasteiger partial charge < -0.3 is 9.72 Å². The van der Waals surface area contributed by atoms with Crippen LogP contribution in [0, 0.1) is 0 Å². The Morgan fingerprint density at radius 2 is 2.06 bits per heavy atom. The van der Waals surface area contributed by atoms with Crippen molar-refractivity contribution in [2.45, 2.75) is 0 Å². The molecule has 18 heavy (non-hydrogen) atoms. The number of fused-ring (bicyclic) bond motifs is 1. The van der Waals surface area contributed by atoms with E-state index in [2.05, 4.69) is 9.97 Å². The molecule has 0 radical (unpaired) electrons. The van der Waals surface area contributed by atoms with Crippen LogP contribution < -0.4 is 4.74 Å². The van der Waals surface area contributed by atoms with Crippen LogP contribution in [0.4, 0.5) is 0 Å². The van der Waals surface area contributed by atoms with Crippen LogP contribution in [0.2, 0.25) is 5.02 Å². The average Bonchev–Trinajstić information content (AvgIpc) is 2.86. The number of nitrogens with one attached hydrogen (secondary N) is 1. The van der Waals surface area contributed by atoms with Crippen molar-refractivity contribution in [2.24, 2.45) is 0 Å². The topological polar surface area (TPSA) is 37.9 Å². The highest BCUT2D eigenvalue weighted by Crippen LogP contribution is 2.35. The Balaban J connectivity index is 2.31. The van der Waals surface area contributed by atoms with Gasteiger partial charge in [-0.1, -0.05) is 11.6 Å². The largest absolute Gasteiger partial charge is 0.496 e. The second-order valence-corrected chi connectivity index (χ2v) is 4.38. The minimum absolute atomic E-state index is 0.686. The quantitative estimate of drug-likeness (QED) is 0.757. The summed E-state index contributed by atoms with van der Waals surface area (Å²) in [7, 11) is 1.66. The van der Waals surface area contributed by atoms with Gasteiger partial charge in [-0.25, -0.2) is 4.98 Å². The molecular weight excluding hydrogens is 248 g/mol. The van der Waals surface area contributed by atoms with Crippen LogP contribution in [-0.2, 0) is 0 Å². The number of aromatic nitrogens is 2. The molecule has 0 bridgehead atoms. The molecule has 0 saturated heterocycles. The van der Waals surface area contributed by atoms with Crippen molar-refractivity contribution in [3.63, 3.8) is 0 Å². The van der Waals surface area contributed by atoms with Crippen molar-refractivity contribution < 1.29 is 4.74 Å². The zero-order chi connectivity index (χ0) is 12.5. The summed E-state index contributed by atoms with van der Waals surface area (Å²) >= 11 is 6.07. The van der Waals surface area contributed by atoms with Gasteiger partial charge in [0.25, 0.3) is 0 Å². The molecule has 3 aromatic rings. The Hall–Kier alpha value is -2.00. The summed E-state index contributed by atoms with van der Waals surface area (Å²) in [4.78, 5) is 7.37. The second kappa shape index (κ2) is 4.35. The number of halogens is 1. The fourth-order valence-corrected chi connectivity index (χ4v) is 2.26. The highest BCUT2D eigenvalue weighted by Gasteiger charge is 2.10. The molecular formula is C14H11ClN2O. The van der Waals surface area contributed by atoms with Crippen LogP contribution in [0.25, 0.3) is 22.2 Å². The highest BCUT2D eigenvalue weighted by molar-refractivity contribution is 6.31. The van der Waals surface area contributed by atoms with E-state index in [4.69, 9.17) is 16.3 Å². The van der Waals surface area contributed by atoms with E-state index in [9.17, 15) is 0 Å². The number of aromatic amines is 1. The first-order valence-electron chi connectivity index (χ1n) is 5.55. The van der Waals surface area contributed by atoms with E-state index in [1.165, 1.54) is 0 Å². The number of hydrogen-bond donors (Lipinski definition) is 1. The lowest BCUT2D eigenvalue weighted by Crippen LogP contribution is -1.89. The number of hydrogen-bond acceptors (Lipinski definition) is 2. The molecule has 4 heteroatoms. The van der Waals surface area contributed by atoms with Gasteiger partial charge in [0.15, 0.2) is 0 Å². The van der Waals surface area contributed by atoms with Crippen molar-refractivity contribution in [1.82, 2.24) is 9.97 Å². The molecule has 0 atom stereocenters. The van der Waals surface area contributed by atoms with E-state index in [1.54, 1.807) is 13.3 Å². The van der Waals surface area contributed by atoms with Crippen molar-refractivity contribution in [1.29, 1.82) is 0 Å². The molecule has 2 heterocycles. The summed E-state index contributed by atoms with van der Waals surface area (Å²) in [6.45, 7) is 0. The third-order valence-electron chi connectivity index (χ3n) is 2.91. The van der Waals surface area contributed by atoms with Gasteiger partial charge in [-0.05, 0) is 35.9 Å². The Morgan fingerprint density at radius 3 is 2.89 bits per heavy atom. The number of rotatable bonds is 2. The molecule has 0 fully saturated rings. The van der Waals surface area contributed by atoms with E-state index >= 15 is 0 Å². The van der Waals surface area contributed by atoms with Crippen molar-refractivity contribution in [3.05, 3.63) is 47.7 Å². The molecule has 1 aromatic carbocycles. The maximum absolute atomic E-state index is 6.07. The molecule has 0 saturated carbocycles. The molecule has 0 aliphatic rings. The molecule has 1 N–H and O–H groups in total. The van der Waals surface area contributed by atoms with Crippen LogP contribution >= 0.6 is 11.6 Å². The Morgan fingerprint density at radius 1 is 1.17 bits per heavy atom. The number of nitrogens with zero attached hydrogens (tertiary/aromatic N) is 1. The van der Waals surface area contributed by atoms with E-state index in [-0.39, 0.29) is 0 Å². The summed E-state index contributed by atoms with van der Waals surface area (Å²) in [5, 5.41) is 1.74. The van der Waals surface area contributed by atoms with Gasteiger partial charge in [0.05, 0.1) is 7.11 Å². The minimum Gasteiger partial charge on any atom is -0.496 e. The van der Waals surface area contributed by atoms with Gasteiger partial charge in [0.2, 0.25) is 0 Å². The molecule has 3 nitrogen and oxygen atoms in total. The Bertz CT molecular complexity index is 706. The number of benzene rings is 1. The standard InChI is InChI=1S/C14H11ClN2O/c1-18-13-3-2-9(15)8-12(13)10-4-6-16-14-11(10)5-7-17-14/h2-8H,1H3,(H,16,17). The molecule has 0 unspecified atom stereocenters. The molecule has 0 aliphatic heterocycles. The van der Waals surface area contributed by atoms with Gasteiger partial charge in [0.1, 0.15) is 11.4 Å². The van der Waals surface area contributed by atoms with Gasteiger partial charge >= 0.3 is 0 Å². The fourth-order valence-electron chi connectivity index (χ4n) is 2.09. The van der Waals surface area contributed by atoms with Crippen LogP contribution in [-0.4, -0.2) is 17.1 Å². The average molecular weight is 259 g/mol. The second-order valence-electron chi connectivity index (χ2n) is 3.94. The number of methoxy groups -OCH3 is 1. The lowest BCUT2D eigenvalue weighted by molar-refractivity contribution is 0.416. The molecule has 3 rings (SSSR count). The van der Waals surface area contributed by atoms with E-state index < -0.39 is 0 Å². The lowest BCUT2D eigenvalue weighted by atomic mass is 10.0. The number of H-pyrrole nitrogens is 1. The Kier molecular flexibility index (Phi) is 2.68. The molecule has 0 amide bonds. The predicted octanol–water partition coefficient (Wildman–Crippen LogP) is 3.89. The summed E-state index contributed by atoms with van der Waals surface area (Å²) in [5.74, 6) is 0.799. The van der Waals surface area contributed by atoms with Crippen molar-refractivity contribution in [3.8, 4) is 16.9 Å². The zero-order valence-corrected chi connectivity index (χ0v) is 10.5. The zero-order valence-electron chi connectivity index (χ0n) is 9.77. The maximum atomic E-state index is 6.07. The molecule has 90 valence electrons. The normalized spacial score (nSPS) is 10.8. The minimum atomic E-state index is 0.686. The van der Waals surface area contributed by atoms with Crippen molar-refractivity contribution in [2.75, 3.05) is 7.11 Å². The van der Waals surface area contributed by atoms with E-state index in [0.717, 1.165) is 27.9 Å². The van der Waals surface area contributed by atoms with E-state index in [1.807, 2.05) is 36.5 Å². The Labute approximate surface area is 109 Å².